The van der Waals surface area contributed by atoms with Crippen LogP contribution in [0.15, 0.2) is 54.5 Å². The quantitative estimate of drug-likeness (QED) is 0.251. The van der Waals surface area contributed by atoms with Crippen LogP contribution < -0.4 is 0 Å². The van der Waals surface area contributed by atoms with Gasteiger partial charge >= 0.3 is 5.69 Å². The van der Waals surface area contributed by atoms with Crippen molar-refractivity contribution >= 4 is 17.4 Å². The summed E-state index contributed by atoms with van der Waals surface area (Å²) in [6.45, 7) is 8.69. The van der Waals surface area contributed by atoms with Crippen LogP contribution in [0.3, 0.4) is 0 Å². The molecule has 0 saturated carbocycles. The van der Waals surface area contributed by atoms with E-state index in [1.807, 2.05) is 16.7 Å². The summed E-state index contributed by atoms with van der Waals surface area (Å²) in [6.07, 6.45) is 4.42. The molecule has 0 fully saturated rings. The molecule has 0 atom stereocenters. The van der Waals surface area contributed by atoms with Crippen LogP contribution in [-0.2, 0) is 12.4 Å². The van der Waals surface area contributed by atoms with Gasteiger partial charge in [-0.1, -0.05) is 56.0 Å². The van der Waals surface area contributed by atoms with E-state index in [4.69, 9.17) is 0 Å². The summed E-state index contributed by atoms with van der Waals surface area (Å²) in [4.78, 5) is 10.3. The predicted octanol–water partition coefficient (Wildman–Crippen LogP) is 4.11. The van der Waals surface area contributed by atoms with Crippen LogP contribution in [0.4, 0.5) is 5.69 Å². The lowest BCUT2D eigenvalue weighted by atomic mass is 10.0. The lowest BCUT2D eigenvalue weighted by molar-refractivity contribution is -0.385. The van der Waals surface area contributed by atoms with Crippen LogP contribution in [0.5, 0.6) is 0 Å². The van der Waals surface area contributed by atoms with Crippen LogP contribution in [0.2, 0.25) is 0 Å². The number of thioether (sulfide) groups is 1. The van der Waals surface area contributed by atoms with E-state index in [0.717, 1.165) is 11.4 Å². The van der Waals surface area contributed by atoms with Crippen molar-refractivity contribution in [3.63, 3.8) is 0 Å². The Balaban J connectivity index is 1.81. The van der Waals surface area contributed by atoms with Crippen molar-refractivity contribution in [1.29, 1.82) is 0 Å². The van der Waals surface area contributed by atoms with E-state index in [-0.39, 0.29) is 5.69 Å². The molecule has 27 heavy (non-hydrogen) atoms. The molecule has 0 spiro atoms. The number of allylic oxidation sites excluding steroid dienone is 1. The van der Waals surface area contributed by atoms with Crippen LogP contribution in [0, 0.1) is 10.1 Å². The number of rotatable bonds is 8. The van der Waals surface area contributed by atoms with Gasteiger partial charge in [0, 0.05) is 12.1 Å². The van der Waals surface area contributed by atoms with Crippen molar-refractivity contribution in [2.24, 2.45) is 0 Å². The van der Waals surface area contributed by atoms with Crippen molar-refractivity contribution in [3.05, 3.63) is 65.0 Å². The zero-order valence-corrected chi connectivity index (χ0v) is 16.0. The first-order chi connectivity index (χ1) is 13.0. The Morgan fingerprint density at radius 1 is 1.30 bits per heavy atom. The predicted molar refractivity (Wildman–Crippen MR) is 104 cm³/mol. The molecule has 0 amide bonds. The Hall–Kier alpha value is -2.94. The number of benzene rings is 1. The van der Waals surface area contributed by atoms with Gasteiger partial charge in [-0.05, 0) is 11.5 Å². The second-order valence-electron chi connectivity index (χ2n) is 6.25. The molecule has 0 aliphatic carbocycles. The molecule has 3 aromatic rings. The zero-order valence-electron chi connectivity index (χ0n) is 15.1. The largest absolute Gasteiger partial charge is 0.307 e. The van der Waals surface area contributed by atoms with Crippen molar-refractivity contribution in [2.45, 2.75) is 37.3 Å². The Bertz CT molecular complexity index is 945. The summed E-state index contributed by atoms with van der Waals surface area (Å²) in [7, 11) is 0. The summed E-state index contributed by atoms with van der Waals surface area (Å²) in [5.74, 6) is 1.63. The molecule has 9 heteroatoms. The Labute approximate surface area is 161 Å². The maximum Gasteiger partial charge on any atom is 0.307 e. The molecule has 0 aliphatic heterocycles. The van der Waals surface area contributed by atoms with E-state index in [1.54, 1.807) is 6.08 Å². The Kier molecular flexibility index (Phi) is 5.70. The van der Waals surface area contributed by atoms with E-state index in [2.05, 4.69) is 47.9 Å². The molecule has 0 unspecified atom stereocenters. The van der Waals surface area contributed by atoms with Crippen molar-refractivity contribution in [2.75, 3.05) is 0 Å². The molecule has 2 aromatic heterocycles. The van der Waals surface area contributed by atoms with Gasteiger partial charge < -0.3 is 0 Å². The molecule has 3 rings (SSSR count). The fraction of sp³-hybridized carbons (Fsp3) is 0.278. The highest BCUT2D eigenvalue weighted by atomic mass is 32.2. The standard InChI is InChI=1S/C18H20N6O2S/c1-4-9-23-17(15-7-5-14(6-8-15)13(2)3)20-21-18(23)27-12-22-11-16(10-19-22)24(25)26/h4-8,10-11,13H,1,9,12H2,2-3H3. The number of hydrogen-bond acceptors (Lipinski definition) is 6. The van der Waals surface area contributed by atoms with Crippen molar-refractivity contribution in [1.82, 2.24) is 24.5 Å². The molecule has 0 aliphatic rings. The third-order valence-corrected chi connectivity index (χ3v) is 4.97. The van der Waals surface area contributed by atoms with Gasteiger partial charge in [0.1, 0.15) is 12.4 Å². The first-order valence-electron chi connectivity index (χ1n) is 8.43. The van der Waals surface area contributed by atoms with Gasteiger partial charge in [-0.25, -0.2) is 0 Å². The van der Waals surface area contributed by atoms with Crippen molar-refractivity contribution < 1.29 is 4.92 Å². The van der Waals surface area contributed by atoms with Crippen molar-refractivity contribution in [3.8, 4) is 11.4 Å². The average molecular weight is 384 g/mol. The number of nitro groups is 1. The average Bonchev–Trinajstić information content (AvgIpc) is 3.28. The molecule has 0 N–H and O–H groups in total. The molecule has 0 bridgehead atoms. The molecule has 140 valence electrons. The van der Waals surface area contributed by atoms with Crippen LogP contribution >= 0.6 is 11.8 Å². The minimum absolute atomic E-state index is 0.0333. The minimum Gasteiger partial charge on any atom is -0.298 e. The van der Waals surface area contributed by atoms with Gasteiger partial charge in [-0.3, -0.25) is 19.4 Å². The summed E-state index contributed by atoms with van der Waals surface area (Å²) < 4.78 is 3.48. The second-order valence-corrected chi connectivity index (χ2v) is 7.16. The zero-order chi connectivity index (χ0) is 19.4. The maximum absolute atomic E-state index is 10.8. The van der Waals surface area contributed by atoms with E-state index in [9.17, 15) is 10.1 Å². The summed E-state index contributed by atoms with van der Waals surface area (Å²) >= 11 is 1.41. The number of nitrogens with zero attached hydrogens (tertiary/aromatic N) is 6. The number of hydrogen-bond donors (Lipinski definition) is 0. The Morgan fingerprint density at radius 3 is 2.63 bits per heavy atom. The molecular formula is C18H20N6O2S. The molecule has 0 saturated heterocycles. The summed E-state index contributed by atoms with van der Waals surface area (Å²) in [5.41, 5.74) is 2.22. The first kappa shape index (κ1) is 18.8. The van der Waals surface area contributed by atoms with E-state index >= 15 is 0 Å². The van der Waals surface area contributed by atoms with Gasteiger partial charge in [-0.15, -0.1) is 16.8 Å². The highest BCUT2D eigenvalue weighted by Crippen LogP contribution is 2.26. The second kappa shape index (κ2) is 8.17. The fourth-order valence-corrected chi connectivity index (χ4v) is 3.37. The topological polar surface area (TPSA) is 91.7 Å². The lowest BCUT2D eigenvalue weighted by Gasteiger charge is -2.09. The van der Waals surface area contributed by atoms with Gasteiger partial charge in [0.2, 0.25) is 0 Å². The first-order valence-corrected chi connectivity index (χ1v) is 9.42. The van der Waals surface area contributed by atoms with E-state index < -0.39 is 4.92 Å². The van der Waals surface area contributed by atoms with Gasteiger partial charge in [-0.2, -0.15) is 5.10 Å². The third kappa shape index (κ3) is 4.25. The monoisotopic (exact) mass is 384 g/mol. The number of aromatic nitrogens is 5. The van der Waals surface area contributed by atoms with Crippen LogP contribution in [0.25, 0.3) is 11.4 Å². The Morgan fingerprint density at radius 2 is 2.04 bits per heavy atom. The fourth-order valence-electron chi connectivity index (χ4n) is 2.56. The summed E-state index contributed by atoms with van der Waals surface area (Å²) in [5, 5.41) is 24.1. The molecule has 0 radical (unpaired) electrons. The molecular weight excluding hydrogens is 364 g/mol. The minimum atomic E-state index is -0.465. The van der Waals surface area contributed by atoms with Gasteiger partial charge in [0.15, 0.2) is 11.0 Å². The maximum atomic E-state index is 10.8. The highest BCUT2D eigenvalue weighted by Gasteiger charge is 2.15. The smallest absolute Gasteiger partial charge is 0.298 e. The normalized spacial score (nSPS) is 11.1. The third-order valence-electron chi connectivity index (χ3n) is 4.02. The lowest BCUT2D eigenvalue weighted by Crippen LogP contribution is -2.02. The van der Waals surface area contributed by atoms with E-state index in [0.29, 0.717) is 23.5 Å². The van der Waals surface area contributed by atoms with Crippen LogP contribution in [0.1, 0.15) is 25.3 Å². The van der Waals surface area contributed by atoms with E-state index in [1.165, 1.54) is 34.4 Å². The van der Waals surface area contributed by atoms with Gasteiger partial charge in [0.25, 0.3) is 0 Å². The summed E-state index contributed by atoms with van der Waals surface area (Å²) in [6, 6.07) is 8.29. The van der Waals surface area contributed by atoms with Crippen LogP contribution in [-0.4, -0.2) is 29.5 Å². The highest BCUT2D eigenvalue weighted by molar-refractivity contribution is 7.98. The van der Waals surface area contributed by atoms with Gasteiger partial charge in [0.05, 0.1) is 10.8 Å². The molecule has 2 heterocycles. The SMILES string of the molecule is C=CCn1c(SCn2cc([N+](=O)[O-])cn2)nnc1-c1ccc(C(C)C)cc1. The molecule has 1 aromatic carbocycles. The molecule has 8 nitrogen and oxygen atoms in total.